The van der Waals surface area contributed by atoms with Gasteiger partial charge >= 0.3 is 12.2 Å². The molecule has 4 rings (SSSR count). The van der Waals surface area contributed by atoms with Gasteiger partial charge in [0.25, 0.3) is 0 Å². The van der Waals surface area contributed by atoms with Crippen molar-refractivity contribution < 1.29 is 28.5 Å². The minimum atomic E-state index is -0.727. The molecule has 3 heterocycles. The number of carbonyl (C=O) groups is 2. The third-order valence-corrected chi connectivity index (χ3v) is 6.29. The first-order valence-electron chi connectivity index (χ1n) is 12.7. The summed E-state index contributed by atoms with van der Waals surface area (Å²) in [5, 5.41) is 4.42. The number of fused-ring (bicyclic) bond motifs is 1. The average molecular weight is 605 g/mol. The SMILES string of the molecule is CC(C)(C)OC(=O)O[C@]1(C)C[C@H](CN(C(=O)OC(C)(C)C)c2cc(Oc3cccnc3)nc3c(Br)cnn23)C1. The maximum atomic E-state index is 13.5. The zero-order valence-corrected chi connectivity index (χ0v) is 24.8. The van der Waals surface area contributed by atoms with Gasteiger partial charge in [-0.2, -0.15) is 14.6 Å². The van der Waals surface area contributed by atoms with Crippen LogP contribution < -0.4 is 9.64 Å². The van der Waals surface area contributed by atoms with E-state index in [9.17, 15) is 9.59 Å². The minimum absolute atomic E-state index is 0.0230. The molecule has 1 fully saturated rings. The number of aromatic nitrogens is 4. The van der Waals surface area contributed by atoms with Crippen LogP contribution in [-0.2, 0) is 14.2 Å². The van der Waals surface area contributed by atoms with Crippen LogP contribution in [0.1, 0.15) is 61.3 Å². The van der Waals surface area contributed by atoms with Crippen LogP contribution in [0.15, 0.2) is 41.3 Å². The molecule has 0 radical (unpaired) electrons. The Bertz CT molecular complexity index is 1340. The van der Waals surface area contributed by atoms with Crippen molar-refractivity contribution >= 4 is 39.6 Å². The Morgan fingerprint density at radius 1 is 1.13 bits per heavy atom. The molecule has 0 N–H and O–H groups in total. The number of pyridine rings is 1. The zero-order valence-electron chi connectivity index (χ0n) is 23.2. The molecule has 3 aromatic heterocycles. The van der Waals surface area contributed by atoms with E-state index in [4.69, 9.17) is 18.9 Å². The number of hydrogen-bond acceptors (Lipinski definition) is 9. The highest BCUT2D eigenvalue weighted by Gasteiger charge is 2.46. The first-order valence-corrected chi connectivity index (χ1v) is 13.4. The lowest BCUT2D eigenvalue weighted by Gasteiger charge is -2.45. The Hall–Kier alpha value is -3.41. The number of rotatable bonds is 6. The molecule has 12 heteroatoms. The van der Waals surface area contributed by atoms with Gasteiger partial charge in [-0.3, -0.25) is 9.88 Å². The number of ether oxygens (including phenoxy) is 4. The van der Waals surface area contributed by atoms with Gasteiger partial charge in [0.1, 0.15) is 28.4 Å². The second-order valence-corrected chi connectivity index (χ2v) is 12.7. The van der Waals surface area contributed by atoms with Gasteiger partial charge < -0.3 is 18.9 Å². The summed E-state index contributed by atoms with van der Waals surface area (Å²) >= 11 is 3.48. The van der Waals surface area contributed by atoms with Gasteiger partial charge in [-0.1, -0.05) is 0 Å². The molecule has 0 spiro atoms. The molecule has 0 saturated heterocycles. The van der Waals surface area contributed by atoms with Gasteiger partial charge in [0.15, 0.2) is 5.65 Å². The van der Waals surface area contributed by atoms with E-state index in [0.29, 0.717) is 41.1 Å². The Kier molecular flexibility index (Phi) is 7.79. The largest absolute Gasteiger partial charge is 0.509 e. The number of halogens is 1. The zero-order chi connectivity index (χ0) is 28.6. The normalized spacial score (nSPS) is 19.2. The summed E-state index contributed by atoms with van der Waals surface area (Å²) in [5.74, 6) is 1.19. The van der Waals surface area contributed by atoms with E-state index < -0.39 is 29.1 Å². The summed E-state index contributed by atoms with van der Waals surface area (Å²) in [6.45, 7) is 12.9. The molecule has 0 unspecified atom stereocenters. The third kappa shape index (κ3) is 7.37. The molecule has 1 aliphatic carbocycles. The molecule has 3 aromatic rings. The van der Waals surface area contributed by atoms with E-state index in [1.807, 2.05) is 27.7 Å². The van der Waals surface area contributed by atoms with Gasteiger partial charge in [0.05, 0.1) is 16.9 Å². The van der Waals surface area contributed by atoms with Crippen LogP contribution in [0.4, 0.5) is 15.4 Å². The summed E-state index contributed by atoms with van der Waals surface area (Å²) in [6, 6.07) is 5.15. The van der Waals surface area contributed by atoms with Crippen LogP contribution in [0.5, 0.6) is 11.6 Å². The minimum Gasteiger partial charge on any atom is -0.443 e. The van der Waals surface area contributed by atoms with Gasteiger partial charge in [-0.05, 0) is 95.3 Å². The second kappa shape index (κ2) is 10.6. The Morgan fingerprint density at radius 2 is 1.82 bits per heavy atom. The molecule has 1 aliphatic rings. The van der Waals surface area contributed by atoms with Crippen LogP contribution in [0.25, 0.3) is 5.65 Å². The number of nitrogens with zero attached hydrogens (tertiary/aromatic N) is 5. The highest BCUT2D eigenvalue weighted by atomic mass is 79.9. The smallest absolute Gasteiger partial charge is 0.443 e. The fraction of sp³-hybridized carbons (Fsp3) is 0.519. The highest BCUT2D eigenvalue weighted by molar-refractivity contribution is 9.10. The van der Waals surface area contributed by atoms with Crippen molar-refractivity contribution in [2.24, 2.45) is 5.92 Å². The van der Waals surface area contributed by atoms with Crippen LogP contribution in [0, 0.1) is 5.92 Å². The Morgan fingerprint density at radius 3 is 2.44 bits per heavy atom. The molecule has 0 bridgehead atoms. The summed E-state index contributed by atoms with van der Waals surface area (Å²) in [5.41, 5.74) is -1.60. The number of carbonyl (C=O) groups excluding carboxylic acids is 2. The van der Waals surface area contributed by atoms with Crippen molar-refractivity contribution in [2.45, 2.75) is 78.1 Å². The Balaban J connectivity index is 1.62. The molecular formula is C27H34BrN5O6. The topological polar surface area (TPSA) is 117 Å². The van der Waals surface area contributed by atoms with Crippen molar-refractivity contribution in [1.29, 1.82) is 0 Å². The molecule has 0 aromatic carbocycles. The van der Waals surface area contributed by atoms with Crippen molar-refractivity contribution in [3.05, 3.63) is 41.3 Å². The predicted molar refractivity (Wildman–Crippen MR) is 147 cm³/mol. The maximum Gasteiger partial charge on any atom is 0.509 e. The molecule has 1 amide bonds. The summed E-state index contributed by atoms with van der Waals surface area (Å²) < 4.78 is 24.8. The van der Waals surface area contributed by atoms with Crippen molar-refractivity contribution in [3.8, 4) is 11.6 Å². The maximum absolute atomic E-state index is 13.5. The molecule has 0 atom stereocenters. The van der Waals surface area contributed by atoms with Crippen LogP contribution in [0.3, 0.4) is 0 Å². The van der Waals surface area contributed by atoms with Gasteiger partial charge in [0, 0.05) is 18.8 Å². The first-order chi connectivity index (χ1) is 18.1. The molecule has 39 heavy (non-hydrogen) atoms. The fourth-order valence-electron chi connectivity index (χ4n) is 4.35. The Labute approximate surface area is 235 Å². The lowest BCUT2D eigenvalue weighted by Crippen LogP contribution is -2.51. The van der Waals surface area contributed by atoms with E-state index in [1.54, 1.807) is 62.1 Å². The molecular weight excluding hydrogens is 570 g/mol. The van der Waals surface area contributed by atoms with Crippen molar-refractivity contribution in [1.82, 2.24) is 19.6 Å². The van der Waals surface area contributed by atoms with Crippen LogP contribution >= 0.6 is 15.9 Å². The first kappa shape index (κ1) is 28.6. The van der Waals surface area contributed by atoms with E-state index in [1.165, 1.54) is 4.90 Å². The standard InChI is InChI=1S/C27H34BrN5O6/c1-25(2,3)37-23(34)32(16-17-12-27(7,13-17)39-24(35)38-26(4,5)6)21-11-20(36-18-9-8-10-29-14-18)31-22-19(28)15-30-33(21)22/h8-11,14-15,17H,12-13,16H2,1-7H3/t17-,27+. The molecule has 0 aliphatic heterocycles. The van der Waals surface area contributed by atoms with Crippen LogP contribution in [0.2, 0.25) is 0 Å². The lowest BCUT2D eigenvalue weighted by molar-refractivity contribution is -0.109. The van der Waals surface area contributed by atoms with Crippen molar-refractivity contribution in [3.63, 3.8) is 0 Å². The summed E-state index contributed by atoms with van der Waals surface area (Å²) in [7, 11) is 0. The van der Waals surface area contributed by atoms with E-state index in [2.05, 4.69) is 31.0 Å². The third-order valence-electron chi connectivity index (χ3n) is 5.73. The monoisotopic (exact) mass is 603 g/mol. The second-order valence-electron chi connectivity index (χ2n) is 11.9. The molecule has 1 saturated carbocycles. The van der Waals surface area contributed by atoms with Gasteiger partial charge in [-0.15, -0.1) is 0 Å². The summed E-state index contributed by atoms with van der Waals surface area (Å²) in [6.07, 6.45) is 4.65. The quantitative estimate of drug-likeness (QED) is 0.289. The lowest BCUT2D eigenvalue weighted by atomic mass is 9.71. The average Bonchev–Trinajstić information content (AvgIpc) is 3.14. The number of anilines is 1. The van der Waals surface area contributed by atoms with Crippen molar-refractivity contribution in [2.75, 3.05) is 11.4 Å². The van der Waals surface area contributed by atoms with Gasteiger partial charge in [-0.25, -0.2) is 9.59 Å². The molecule has 11 nitrogen and oxygen atoms in total. The highest BCUT2D eigenvalue weighted by Crippen LogP contribution is 2.42. The van der Waals surface area contributed by atoms with Crippen LogP contribution in [-0.4, -0.2) is 55.2 Å². The fourth-order valence-corrected chi connectivity index (χ4v) is 4.70. The molecule has 210 valence electrons. The predicted octanol–water partition coefficient (Wildman–Crippen LogP) is 6.54. The van der Waals surface area contributed by atoms with Gasteiger partial charge in [0.2, 0.25) is 5.88 Å². The van der Waals surface area contributed by atoms with E-state index in [0.717, 1.165) is 0 Å². The summed E-state index contributed by atoms with van der Waals surface area (Å²) in [4.78, 5) is 35.9. The van der Waals surface area contributed by atoms with E-state index >= 15 is 0 Å². The van der Waals surface area contributed by atoms with E-state index in [-0.39, 0.29) is 11.8 Å². The number of amides is 1. The number of hydrogen-bond donors (Lipinski definition) is 0.